The molecule has 3 rings (SSSR count). The molecule has 0 saturated heterocycles. The lowest BCUT2D eigenvalue weighted by Gasteiger charge is -2.10. The molecule has 3 aromatic rings. The predicted octanol–water partition coefficient (Wildman–Crippen LogP) is 3.90. The molecular formula is C18H17FN4O2S. The maximum absolute atomic E-state index is 14.1. The van der Waals surface area contributed by atoms with Crippen LogP contribution in [0.25, 0.3) is 5.13 Å². The molecule has 0 aliphatic heterocycles. The quantitative estimate of drug-likeness (QED) is 0.729. The van der Waals surface area contributed by atoms with Gasteiger partial charge in [-0.2, -0.15) is 0 Å². The third-order valence-corrected chi connectivity index (χ3v) is 4.58. The molecule has 2 heterocycles. The van der Waals surface area contributed by atoms with Crippen LogP contribution in [0.3, 0.4) is 0 Å². The van der Waals surface area contributed by atoms with Gasteiger partial charge in [-0.1, -0.05) is 0 Å². The number of carbonyl (C=O) groups excluding carboxylic acids is 2. The number of nitrogens with one attached hydrogen (secondary N) is 2. The zero-order valence-electron chi connectivity index (χ0n) is 14.5. The highest BCUT2D eigenvalue weighted by atomic mass is 32.1. The molecular weight excluding hydrogens is 355 g/mol. The van der Waals surface area contributed by atoms with Gasteiger partial charge in [-0.15, -0.1) is 11.3 Å². The van der Waals surface area contributed by atoms with Gasteiger partial charge in [0.25, 0.3) is 5.91 Å². The fourth-order valence-corrected chi connectivity index (χ4v) is 3.46. The summed E-state index contributed by atoms with van der Waals surface area (Å²) >= 11 is 1.46. The Morgan fingerprint density at radius 1 is 1.19 bits per heavy atom. The average Bonchev–Trinajstić information content (AvgIpc) is 3.18. The lowest BCUT2D eigenvalue weighted by Crippen LogP contribution is -2.15. The molecule has 0 fully saturated rings. The van der Waals surface area contributed by atoms with Gasteiger partial charge in [-0.25, -0.2) is 9.37 Å². The van der Waals surface area contributed by atoms with Crippen molar-refractivity contribution in [1.29, 1.82) is 0 Å². The van der Waals surface area contributed by atoms with Crippen LogP contribution in [0.5, 0.6) is 0 Å². The van der Waals surface area contributed by atoms with Crippen LogP contribution < -0.4 is 10.6 Å². The van der Waals surface area contributed by atoms with Crippen LogP contribution in [0.1, 0.15) is 28.7 Å². The molecule has 6 nitrogen and oxygen atoms in total. The Hall–Kier alpha value is -3.00. The van der Waals surface area contributed by atoms with Crippen LogP contribution in [-0.4, -0.2) is 21.4 Å². The molecule has 0 saturated carbocycles. The van der Waals surface area contributed by atoms with Crippen molar-refractivity contribution in [3.63, 3.8) is 0 Å². The molecule has 2 aromatic heterocycles. The highest BCUT2D eigenvalue weighted by Gasteiger charge is 2.19. The number of aromatic nitrogens is 2. The van der Waals surface area contributed by atoms with Gasteiger partial charge in [0, 0.05) is 35.6 Å². The minimum atomic E-state index is -0.582. The Balaban J connectivity index is 1.90. The fraction of sp³-hybridized carbons (Fsp3) is 0.167. The van der Waals surface area contributed by atoms with Crippen molar-refractivity contribution in [2.24, 2.45) is 0 Å². The molecule has 0 radical (unpaired) electrons. The number of hydrogen-bond acceptors (Lipinski definition) is 4. The molecule has 26 heavy (non-hydrogen) atoms. The fourth-order valence-electron chi connectivity index (χ4n) is 2.71. The summed E-state index contributed by atoms with van der Waals surface area (Å²) < 4.78 is 15.9. The van der Waals surface area contributed by atoms with Crippen molar-refractivity contribution >= 4 is 34.5 Å². The molecule has 0 bridgehead atoms. The second kappa shape index (κ2) is 7.09. The lowest BCUT2D eigenvalue weighted by molar-refractivity contribution is -0.114. The Morgan fingerprint density at radius 3 is 2.62 bits per heavy atom. The average molecular weight is 372 g/mol. The van der Waals surface area contributed by atoms with Gasteiger partial charge < -0.3 is 10.6 Å². The van der Waals surface area contributed by atoms with Gasteiger partial charge in [-0.05, 0) is 38.1 Å². The van der Waals surface area contributed by atoms with Crippen LogP contribution in [-0.2, 0) is 4.79 Å². The molecule has 134 valence electrons. The number of anilines is 2. The second-order valence-corrected chi connectivity index (χ2v) is 6.64. The van der Waals surface area contributed by atoms with E-state index in [1.54, 1.807) is 12.3 Å². The van der Waals surface area contributed by atoms with Gasteiger partial charge >= 0.3 is 0 Å². The summed E-state index contributed by atoms with van der Waals surface area (Å²) in [5, 5.41) is 7.75. The maximum Gasteiger partial charge on any atom is 0.257 e. The summed E-state index contributed by atoms with van der Waals surface area (Å²) in [6.45, 7) is 5.05. The number of thiazole rings is 1. The number of benzene rings is 1. The van der Waals surface area contributed by atoms with Gasteiger partial charge in [-0.3, -0.25) is 14.2 Å². The number of aryl methyl sites for hydroxylation is 1. The van der Waals surface area contributed by atoms with E-state index < -0.39 is 11.7 Å². The predicted molar refractivity (Wildman–Crippen MR) is 99.6 cm³/mol. The smallest absolute Gasteiger partial charge is 0.257 e. The molecule has 0 aliphatic carbocycles. The summed E-state index contributed by atoms with van der Waals surface area (Å²) in [4.78, 5) is 28.1. The first kappa shape index (κ1) is 17.8. The largest absolute Gasteiger partial charge is 0.326 e. The van der Waals surface area contributed by atoms with E-state index in [0.29, 0.717) is 16.9 Å². The minimum Gasteiger partial charge on any atom is -0.326 e. The van der Waals surface area contributed by atoms with E-state index in [0.717, 1.165) is 10.8 Å². The van der Waals surface area contributed by atoms with Crippen molar-refractivity contribution in [3.8, 4) is 5.13 Å². The molecule has 0 atom stereocenters. The van der Waals surface area contributed by atoms with Crippen LogP contribution in [0.2, 0.25) is 0 Å². The summed E-state index contributed by atoms with van der Waals surface area (Å²) in [6, 6.07) is 5.75. The summed E-state index contributed by atoms with van der Waals surface area (Å²) in [5.41, 5.74) is 2.41. The van der Waals surface area contributed by atoms with Crippen molar-refractivity contribution in [2.75, 3.05) is 10.6 Å². The number of carbonyl (C=O) groups is 2. The first-order valence-electron chi connectivity index (χ1n) is 7.84. The normalized spacial score (nSPS) is 10.6. The Kier molecular flexibility index (Phi) is 4.85. The molecule has 2 N–H and O–H groups in total. The Morgan fingerprint density at radius 2 is 1.96 bits per heavy atom. The zero-order valence-corrected chi connectivity index (χ0v) is 15.3. The van der Waals surface area contributed by atoms with Crippen LogP contribution in [0, 0.1) is 19.7 Å². The first-order valence-corrected chi connectivity index (χ1v) is 8.72. The topological polar surface area (TPSA) is 76.0 Å². The molecule has 2 amide bonds. The number of rotatable bonds is 4. The van der Waals surface area contributed by atoms with E-state index in [1.165, 1.54) is 36.5 Å². The van der Waals surface area contributed by atoms with Crippen LogP contribution in [0.15, 0.2) is 35.8 Å². The number of hydrogen-bond donors (Lipinski definition) is 2. The Bertz CT molecular complexity index is 979. The van der Waals surface area contributed by atoms with Gasteiger partial charge in [0.1, 0.15) is 5.82 Å². The highest BCUT2D eigenvalue weighted by Crippen LogP contribution is 2.25. The second-order valence-electron chi connectivity index (χ2n) is 5.76. The molecule has 8 heteroatoms. The third kappa shape index (κ3) is 3.50. The third-order valence-electron chi connectivity index (χ3n) is 3.82. The standard InChI is InChI=1S/C18H17FN4O2S/c1-10-8-14(11(2)23(10)18-20-6-7-26-18)17(25)22-16-9-13(21-12(3)24)4-5-15(16)19/h4-9H,1-3H3,(H,21,24)(H,22,25). The van der Waals surface area contributed by atoms with E-state index in [-0.39, 0.29) is 11.6 Å². The highest BCUT2D eigenvalue weighted by molar-refractivity contribution is 7.12. The maximum atomic E-state index is 14.1. The van der Waals surface area contributed by atoms with Crippen LogP contribution >= 0.6 is 11.3 Å². The monoisotopic (exact) mass is 372 g/mol. The van der Waals surface area contributed by atoms with Crippen molar-refractivity contribution in [3.05, 3.63) is 58.6 Å². The van der Waals surface area contributed by atoms with Gasteiger partial charge in [0.05, 0.1) is 11.3 Å². The minimum absolute atomic E-state index is 0.000279. The molecule has 0 unspecified atom stereocenters. The van der Waals surface area contributed by atoms with Crippen molar-refractivity contribution in [2.45, 2.75) is 20.8 Å². The summed E-state index contributed by atoms with van der Waals surface area (Å²) in [6.07, 6.45) is 1.70. The van der Waals surface area contributed by atoms with Gasteiger partial charge in [0.15, 0.2) is 5.13 Å². The van der Waals surface area contributed by atoms with E-state index >= 15 is 0 Å². The number of halogens is 1. The summed E-state index contributed by atoms with van der Waals surface area (Å²) in [7, 11) is 0. The van der Waals surface area contributed by atoms with Crippen LogP contribution in [0.4, 0.5) is 15.8 Å². The van der Waals surface area contributed by atoms with E-state index in [4.69, 9.17) is 0 Å². The molecule has 0 aliphatic rings. The van der Waals surface area contributed by atoms with E-state index in [9.17, 15) is 14.0 Å². The van der Waals surface area contributed by atoms with E-state index in [1.807, 2.05) is 23.8 Å². The zero-order chi connectivity index (χ0) is 18.8. The number of amides is 2. The van der Waals surface area contributed by atoms with Crippen molar-refractivity contribution in [1.82, 2.24) is 9.55 Å². The molecule has 0 spiro atoms. The summed E-state index contributed by atoms with van der Waals surface area (Å²) in [5.74, 6) is -1.29. The molecule has 1 aromatic carbocycles. The SMILES string of the molecule is CC(=O)Nc1ccc(F)c(NC(=O)c2cc(C)n(-c3nccs3)c2C)c1. The Labute approximate surface area is 153 Å². The van der Waals surface area contributed by atoms with Gasteiger partial charge in [0.2, 0.25) is 5.91 Å². The number of nitrogens with zero attached hydrogens (tertiary/aromatic N) is 2. The van der Waals surface area contributed by atoms with E-state index in [2.05, 4.69) is 15.6 Å². The lowest BCUT2D eigenvalue weighted by atomic mass is 10.2. The first-order chi connectivity index (χ1) is 12.4. The van der Waals surface area contributed by atoms with Crippen molar-refractivity contribution < 1.29 is 14.0 Å².